The molecule has 4 nitrogen and oxygen atoms in total. The van der Waals surface area contributed by atoms with Crippen molar-refractivity contribution in [3.8, 4) is 11.9 Å². The van der Waals surface area contributed by atoms with Crippen LogP contribution in [0.5, 0.6) is 5.88 Å². The molecule has 1 heterocycles. The van der Waals surface area contributed by atoms with Crippen LogP contribution in [0.15, 0.2) is 6.07 Å². The van der Waals surface area contributed by atoms with Crippen molar-refractivity contribution in [3.63, 3.8) is 0 Å². The molecule has 0 radical (unpaired) electrons. The van der Waals surface area contributed by atoms with E-state index in [1.54, 1.807) is 0 Å². The van der Waals surface area contributed by atoms with Gasteiger partial charge in [0, 0.05) is 11.7 Å². The topological polar surface area (TPSA) is 57.9 Å². The van der Waals surface area contributed by atoms with Gasteiger partial charge in [0.05, 0.1) is 6.61 Å². The molecule has 18 heavy (non-hydrogen) atoms. The molecule has 0 aliphatic rings. The first-order valence-corrected chi connectivity index (χ1v) is 6.29. The van der Waals surface area contributed by atoms with Crippen molar-refractivity contribution in [2.45, 2.75) is 40.2 Å². The summed E-state index contributed by atoms with van der Waals surface area (Å²) >= 11 is 0. The van der Waals surface area contributed by atoms with E-state index >= 15 is 0 Å². The molecule has 0 spiro atoms. The molecule has 1 N–H and O–H groups in total. The Balaban J connectivity index is 2.54. The second kappa shape index (κ2) is 6.97. The van der Waals surface area contributed by atoms with Gasteiger partial charge in [0.1, 0.15) is 11.6 Å². The van der Waals surface area contributed by atoms with Crippen molar-refractivity contribution >= 4 is 0 Å². The molecule has 0 aliphatic heterocycles. The van der Waals surface area contributed by atoms with E-state index in [4.69, 9.17) is 10.00 Å². The zero-order valence-corrected chi connectivity index (χ0v) is 11.6. The van der Waals surface area contributed by atoms with Gasteiger partial charge >= 0.3 is 0 Å². The van der Waals surface area contributed by atoms with Gasteiger partial charge in [0.2, 0.25) is 5.88 Å². The molecule has 0 saturated heterocycles. The second-order valence-electron chi connectivity index (χ2n) is 4.68. The smallest absolute Gasteiger partial charge is 0.232 e. The Morgan fingerprint density at radius 1 is 1.44 bits per heavy atom. The van der Waals surface area contributed by atoms with Gasteiger partial charge in [-0.1, -0.05) is 13.8 Å². The number of pyridine rings is 1. The van der Waals surface area contributed by atoms with Crippen LogP contribution in [0, 0.1) is 25.2 Å². The minimum atomic E-state index is 0.458. The number of ether oxygens (including phenoxy) is 1. The lowest BCUT2D eigenvalue weighted by molar-refractivity contribution is 0.293. The largest absolute Gasteiger partial charge is 0.477 e. The quantitative estimate of drug-likeness (QED) is 0.784. The lowest BCUT2D eigenvalue weighted by atomic mass is 10.1. The summed E-state index contributed by atoms with van der Waals surface area (Å²) in [5.41, 5.74) is 2.33. The molecule has 0 aromatic carbocycles. The molecule has 0 unspecified atom stereocenters. The van der Waals surface area contributed by atoms with Crippen molar-refractivity contribution in [3.05, 3.63) is 22.9 Å². The van der Waals surface area contributed by atoms with Crippen LogP contribution >= 0.6 is 0 Å². The van der Waals surface area contributed by atoms with Gasteiger partial charge < -0.3 is 10.1 Å². The maximum atomic E-state index is 9.08. The second-order valence-corrected chi connectivity index (χ2v) is 4.68. The van der Waals surface area contributed by atoms with Gasteiger partial charge in [-0.15, -0.1) is 0 Å². The third-order valence-electron chi connectivity index (χ3n) is 2.54. The molecule has 0 aliphatic carbocycles. The van der Waals surface area contributed by atoms with Crippen molar-refractivity contribution in [1.29, 1.82) is 5.26 Å². The lowest BCUT2D eigenvalue weighted by Gasteiger charge is -2.11. The van der Waals surface area contributed by atoms with Crippen molar-refractivity contribution in [2.75, 3.05) is 13.2 Å². The average Bonchev–Trinajstić information content (AvgIpc) is 2.27. The van der Waals surface area contributed by atoms with Crippen LogP contribution in [0.3, 0.4) is 0 Å². The number of hydrogen-bond acceptors (Lipinski definition) is 4. The standard InChI is InChI=1S/C14H21N3O/c1-10(2)16-6-5-7-18-14-13(9-15)11(3)8-12(4)17-14/h8,10,16H,5-7H2,1-4H3. The molecule has 4 heteroatoms. The minimum Gasteiger partial charge on any atom is -0.477 e. The lowest BCUT2D eigenvalue weighted by Crippen LogP contribution is -2.24. The average molecular weight is 247 g/mol. The number of hydrogen-bond donors (Lipinski definition) is 1. The van der Waals surface area contributed by atoms with E-state index in [9.17, 15) is 0 Å². The Morgan fingerprint density at radius 2 is 2.17 bits per heavy atom. The summed E-state index contributed by atoms with van der Waals surface area (Å²) in [6, 6.07) is 4.53. The highest BCUT2D eigenvalue weighted by atomic mass is 16.5. The van der Waals surface area contributed by atoms with E-state index in [1.165, 1.54) is 0 Å². The number of nitriles is 1. The highest BCUT2D eigenvalue weighted by Crippen LogP contribution is 2.19. The van der Waals surface area contributed by atoms with Gasteiger partial charge in [-0.2, -0.15) is 5.26 Å². The molecule has 0 amide bonds. The third-order valence-corrected chi connectivity index (χ3v) is 2.54. The van der Waals surface area contributed by atoms with Crippen LogP contribution in [-0.2, 0) is 0 Å². The summed E-state index contributed by atoms with van der Waals surface area (Å²) in [5, 5.41) is 12.4. The Morgan fingerprint density at radius 3 is 2.78 bits per heavy atom. The van der Waals surface area contributed by atoms with Crippen LogP contribution in [0.25, 0.3) is 0 Å². The first kappa shape index (κ1) is 14.5. The molecule has 1 aromatic heterocycles. The monoisotopic (exact) mass is 247 g/mol. The molecule has 98 valence electrons. The van der Waals surface area contributed by atoms with Crippen LogP contribution in [0.4, 0.5) is 0 Å². The Bertz CT molecular complexity index is 435. The molecule has 0 atom stereocenters. The number of rotatable bonds is 6. The first-order chi connectivity index (χ1) is 8.54. The Hall–Kier alpha value is -1.60. The predicted octanol–water partition coefficient (Wildman–Crippen LogP) is 2.34. The number of aromatic nitrogens is 1. The van der Waals surface area contributed by atoms with E-state index in [1.807, 2.05) is 19.9 Å². The summed E-state index contributed by atoms with van der Waals surface area (Å²) in [7, 11) is 0. The van der Waals surface area contributed by atoms with Gasteiger partial charge in [-0.25, -0.2) is 4.98 Å². The van der Waals surface area contributed by atoms with Crippen LogP contribution in [0.2, 0.25) is 0 Å². The van der Waals surface area contributed by atoms with Gasteiger partial charge in [0.25, 0.3) is 0 Å². The van der Waals surface area contributed by atoms with Crippen LogP contribution in [0.1, 0.15) is 37.1 Å². The normalized spacial score (nSPS) is 10.4. The van der Waals surface area contributed by atoms with Crippen LogP contribution < -0.4 is 10.1 Å². The fourth-order valence-corrected chi connectivity index (χ4v) is 1.67. The fourth-order valence-electron chi connectivity index (χ4n) is 1.67. The molecule has 0 saturated carbocycles. The van der Waals surface area contributed by atoms with Crippen molar-refractivity contribution in [1.82, 2.24) is 10.3 Å². The van der Waals surface area contributed by atoms with E-state index in [0.717, 1.165) is 24.2 Å². The van der Waals surface area contributed by atoms with E-state index in [2.05, 4.69) is 30.2 Å². The predicted molar refractivity (Wildman–Crippen MR) is 71.7 cm³/mol. The Labute approximate surface area is 109 Å². The third kappa shape index (κ3) is 4.34. The van der Waals surface area contributed by atoms with Crippen molar-refractivity contribution in [2.24, 2.45) is 0 Å². The first-order valence-electron chi connectivity index (χ1n) is 6.29. The van der Waals surface area contributed by atoms with E-state index < -0.39 is 0 Å². The summed E-state index contributed by atoms with van der Waals surface area (Å²) in [5.74, 6) is 0.458. The number of nitrogens with zero attached hydrogens (tertiary/aromatic N) is 2. The Kier molecular flexibility index (Phi) is 5.60. The maximum absolute atomic E-state index is 9.08. The summed E-state index contributed by atoms with van der Waals surface area (Å²) in [6.07, 6.45) is 0.901. The highest BCUT2D eigenvalue weighted by molar-refractivity contribution is 5.45. The molecule has 1 rings (SSSR count). The summed E-state index contributed by atoms with van der Waals surface area (Å²) in [4.78, 5) is 4.27. The fraction of sp³-hybridized carbons (Fsp3) is 0.571. The highest BCUT2D eigenvalue weighted by Gasteiger charge is 2.09. The zero-order valence-electron chi connectivity index (χ0n) is 11.6. The SMILES string of the molecule is Cc1cc(C)c(C#N)c(OCCCNC(C)C)n1. The zero-order chi connectivity index (χ0) is 13.5. The summed E-state index contributed by atoms with van der Waals surface area (Å²) < 4.78 is 5.60. The molecule has 0 bridgehead atoms. The number of aryl methyl sites for hydroxylation is 2. The van der Waals surface area contributed by atoms with Gasteiger partial charge in [0.15, 0.2) is 0 Å². The maximum Gasteiger partial charge on any atom is 0.232 e. The molecular weight excluding hydrogens is 226 g/mol. The van der Waals surface area contributed by atoms with Crippen molar-refractivity contribution < 1.29 is 4.74 Å². The van der Waals surface area contributed by atoms with Gasteiger partial charge in [-0.3, -0.25) is 0 Å². The van der Waals surface area contributed by atoms with E-state index in [-0.39, 0.29) is 0 Å². The van der Waals surface area contributed by atoms with Gasteiger partial charge in [-0.05, 0) is 38.4 Å². The molecule has 1 aromatic rings. The molecule has 0 fully saturated rings. The summed E-state index contributed by atoms with van der Waals surface area (Å²) in [6.45, 7) is 9.51. The van der Waals surface area contributed by atoms with Crippen LogP contribution in [-0.4, -0.2) is 24.2 Å². The van der Waals surface area contributed by atoms with E-state index in [0.29, 0.717) is 24.1 Å². The number of nitrogens with one attached hydrogen (secondary N) is 1. The molecular formula is C14H21N3O. The minimum absolute atomic E-state index is 0.458.